The van der Waals surface area contributed by atoms with E-state index >= 15 is 0 Å². The lowest BCUT2D eigenvalue weighted by atomic mass is 9.91. The second kappa shape index (κ2) is 8.94. The molecule has 2 rings (SSSR count). The fraction of sp³-hybridized carbons (Fsp3) is 0.938. The Hall–Kier alpha value is -0.730. The number of hydrogen-bond acceptors (Lipinski definition) is 6. The molecule has 2 aliphatic heterocycles. The maximum atomic E-state index is 10.7. The molecule has 2 fully saturated rings. The van der Waals surface area contributed by atoms with Gasteiger partial charge in [-0.15, -0.1) is 0 Å². The zero-order valence-corrected chi connectivity index (χ0v) is 14.8. The summed E-state index contributed by atoms with van der Waals surface area (Å²) in [6.07, 6.45) is 3.12. The zero-order chi connectivity index (χ0) is 17.5. The number of aliphatic hydroxyl groups is 2. The number of hydrogen-bond donors (Lipinski definition) is 4. The fourth-order valence-corrected chi connectivity index (χ4v) is 2.74. The van der Waals surface area contributed by atoms with E-state index in [2.05, 4.69) is 22.2 Å². The average Bonchev–Trinajstić information content (AvgIpc) is 2.53. The molecule has 0 atom stereocenters. The third-order valence-corrected chi connectivity index (χ3v) is 4.88. The molecule has 2 aliphatic rings. The van der Waals surface area contributed by atoms with E-state index < -0.39 is 11.2 Å². The molecule has 2 saturated heterocycles. The minimum Gasteiger partial charge on any atom is -0.388 e. The van der Waals surface area contributed by atoms with E-state index in [1.807, 2.05) is 7.05 Å². The molecule has 0 unspecified atom stereocenters. The van der Waals surface area contributed by atoms with Gasteiger partial charge in [0.25, 0.3) is 0 Å². The van der Waals surface area contributed by atoms with E-state index in [1.165, 1.54) is 6.92 Å². The number of piperidine rings is 2. The summed E-state index contributed by atoms with van der Waals surface area (Å²) in [5.41, 5.74) is 4.17. The van der Waals surface area contributed by atoms with Crippen LogP contribution in [0, 0.1) is 0 Å². The molecule has 0 saturated carbocycles. The Morgan fingerprint density at radius 1 is 1.00 bits per heavy atom. The summed E-state index contributed by atoms with van der Waals surface area (Å²) in [6, 6.07) is 0. The van der Waals surface area contributed by atoms with Crippen LogP contribution in [0.25, 0.3) is 0 Å². The number of nitrogens with zero attached hydrogens (tertiary/aromatic N) is 2. The Balaban J connectivity index is 0.000000238. The van der Waals surface area contributed by atoms with Crippen LogP contribution in [0.1, 0.15) is 32.6 Å². The van der Waals surface area contributed by atoms with Gasteiger partial charge in [-0.2, -0.15) is 0 Å². The number of nitrogens with one attached hydrogen (secondary N) is 1. The smallest absolute Gasteiger partial charge is 0.216 e. The maximum absolute atomic E-state index is 10.7. The van der Waals surface area contributed by atoms with Crippen LogP contribution in [0.2, 0.25) is 0 Å². The summed E-state index contributed by atoms with van der Waals surface area (Å²) in [4.78, 5) is 15.1. The monoisotopic (exact) mass is 330 g/mol. The molecule has 0 aromatic rings. The first-order valence-corrected chi connectivity index (χ1v) is 8.44. The molecule has 0 aromatic carbocycles. The van der Waals surface area contributed by atoms with Gasteiger partial charge in [-0.25, -0.2) is 0 Å². The van der Waals surface area contributed by atoms with Crippen molar-refractivity contribution in [1.29, 1.82) is 0 Å². The van der Waals surface area contributed by atoms with Crippen LogP contribution in [0.5, 0.6) is 0 Å². The van der Waals surface area contributed by atoms with Crippen molar-refractivity contribution in [2.75, 3.05) is 53.4 Å². The van der Waals surface area contributed by atoms with Crippen molar-refractivity contribution in [1.82, 2.24) is 15.1 Å². The quantitative estimate of drug-likeness (QED) is 0.528. The van der Waals surface area contributed by atoms with E-state index in [1.54, 1.807) is 0 Å². The lowest BCUT2D eigenvalue weighted by Gasteiger charge is -2.36. The Morgan fingerprint density at radius 3 is 1.74 bits per heavy atom. The van der Waals surface area contributed by atoms with E-state index in [0.717, 1.165) is 51.9 Å². The number of nitrogens with two attached hydrogens (primary N) is 1. The van der Waals surface area contributed by atoms with Crippen molar-refractivity contribution in [3.8, 4) is 0 Å². The van der Waals surface area contributed by atoms with Gasteiger partial charge in [0.15, 0.2) is 0 Å². The van der Waals surface area contributed by atoms with Gasteiger partial charge in [0.05, 0.1) is 11.2 Å². The third kappa shape index (κ3) is 7.58. The van der Waals surface area contributed by atoms with Crippen LogP contribution < -0.4 is 11.1 Å². The zero-order valence-electron chi connectivity index (χ0n) is 14.8. The van der Waals surface area contributed by atoms with Crippen LogP contribution >= 0.6 is 0 Å². The van der Waals surface area contributed by atoms with Gasteiger partial charge < -0.3 is 31.1 Å². The van der Waals surface area contributed by atoms with E-state index in [0.29, 0.717) is 13.1 Å². The first kappa shape index (κ1) is 20.3. The Morgan fingerprint density at radius 2 is 1.39 bits per heavy atom. The van der Waals surface area contributed by atoms with Crippen LogP contribution in [0.3, 0.4) is 0 Å². The molecule has 0 radical (unpaired) electrons. The third-order valence-electron chi connectivity index (χ3n) is 4.88. The van der Waals surface area contributed by atoms with Gasteiger partial charge >= 0.3 is 0 Å². The number of carbonyl (C=O) groups excluding carboxylic acids is 1. The molecule has 0 bridgehead atoms. The maximum Gasteiger partial charge on any atom is 0.216 e. The molecule has 136 valence electrons. The number of amides is 1. The first-order valence-electron chi connectivity index (χ1n) is 8.44. The van der Waals surface area contributed by atoms with Gasteiger partial charge in [0, 0.05) is 46.2 Å². The van der Waals surface area contributed by atoms with Gasteiger partial charge in [0.1, 0.15) is 0 Å². The molecule has 2 heterocycles. The fourth-order valence-electron chi connectivity index (χ4n) is 2.74. The summed E-state index contributed by atoms with van der Waals surface area (Å²) in [6.45, 7) is 5.99. The van der Waals surface area contributed by atoms with Gasteiger partial charge in [-0.1, -0.05) is 0 Å². The SMILES string of the molecule is CC(=O)NCC1(O)CCN(C)CC1.CN1CCC(O)(CN)CC1. The second-order valence-corrected chi connectivity index (χ2v) is 7.17. The molecule has 1 amide bonds. The minimum atomic E-state index is -0.682. The number of rotatable bonds is 3. The summed E-state index contributed by atoms with van der Waals surface area (Å²) in [5.74, 6) is -0.0765. The molecule has 7 nitrogen and oxygen atoms in total. The van der Waals surface area contributed by atoms with Crippen molar-refractivity contribution in [2.24, 2.45) is 5.73 Å². The lowest BCUT2D eigenvalue weighted by Crippen LogP contribution is -2.49. The topological polar surface area (TPSA) is 102 Å². The van der Waals surface area contributed by atoms with Gasteiger partial charge in [-0.05, 0) is 39.8 Å². The summed E-state index contributed by atoms with van der Waals surface area (Å²) < 4.78 is 0. The molecule has 7 heteroatoms. The van der Waals surface area contributed by atoms with Crippen LogP contribution in [0.4, 0.5) is 0 Å². The van der Waals surface area contributed by atoms with Crippen molar-refractivity contribution in [3.63, 3.8) is 0 Å². The summed E-state index contributed by atoms with van der Waals surface area (Å²) >= 11 is 0. The normalized spacial score (nSPS) is 24.4. The second-order valence-electron chi connectivity index (χ2n) is 7.17. The highest BCUT2D eigenvalue weighted by atomic mass is 16.3. The number of likely N-dealkylation sites (tertiary alicyclic amines) is 2. The van der Waals surface area contributed by atoms with Crippen molar-refractivity contribution in [2.45, 2.75) is 43.8 Å². The Labute approximate surface area is 139 Å². The molecule has 0 aromatic heterocycles. The molecular weight excluding hydrogens is 296 g/mol. The highest BCUT2D eigenvalue weighted by Crippen LogP contribution is 2.20. The van der Waals surface area contributed by atoms with Crippen LogP contribution in [-0.2, 0) is 4.79 Å². The highest BCUT2D eigenvalue weighted by molar-refractivity contribution is 5.72. The lowest BCUT2D eigenvalue weighted by molar-refractivity contribution is -0.120. The van der Waals surface area contributed by atoms with Gasteiger partial charge in [0.2, 0.25) is 5.91 Å². The summed E-state index contributed by atoms with van der Waals surface area (Å²) in [7, 11) is 4.11. The average molecular weight is 330 g/mol. The van der Waals surface area contributed by atoms with Crippen molar-refractivity contribution in [3.05, 3.63) is 0 Å². The van der Waals surface area contributed by atoms with Crippen LogP contribution in [-0.4, -0.2) is 90.5 Å². The van der Waals surface area contributed by atoms with Gasteiger partial charge in [-0.3, -0.25) is 4.79 Å². The molecule has 0 spiro atoms. The van der Waals surface area contributed by atoms with E-state index in [9.17, 15) is 15.0 Å². The largest absolute Gasteiger partial charge is 0.388 e. The number of carbonyl (C=O) groups is 1. The van der Waals surface area contributed by atoms with Crippen LogP contribution in [0.15, 0.2) is 0 Å². The van der Waals surface area contributed by atoms with Crippen molar-refractivity contribution >= 4 is 5.91 Å². The molecular formula is C16H34N4O3. The predicted octanol–water partition coefficient (Wildman–Crippen LogP) is -1.02. The first-order chi connectivity index (χ1) is 10.7. The highest BCUT2D eigenvalue weighted by Gasteiger charge is 2.31. The van der Waals surface area contributed by atoms with Crippen molar-refractivity contribution < 1.29 is 15.0 Å². The standard InChI is InChI=1S/C9H18N2O2.C7H16N2O/c1-8(12)10-7-9(13)3-5-11(2)6-4-9;1-9-4-2-7(10,6-8)3-5-9/h13H,3-7H2,1-2H3,(H,10,12);10H,2-6,8H2,1H3. The van der Waals surface area contributed by atoms with E-state index in [4.69, 9.17) is 5.73 Å². The molecule has 23 heavy (non-hydrogen) atoms. The molecule has 5 N–H and O–H groups in total. The Bertz CT molecular complexity index is 362. The summed E-state index contributed by atoms with van der Waals surface area (Å²) in [5, 5.41) is 22.3. The Kier molecular flexibility index (Phi) is 7.89. The van der Waals surface area contributed by atoms with E-state index in [-0.39, 0.29) is 5.91 Å². The predicted molar refractivity (Wildman–Crippen MR) is 91.1 cm³/mol. The minimum absolute atomic E-state index is 0.0765. The molecule has 0 aliphatic carbocycles.